The third-order valence-corrected chi connectivity index (χ3v) is 5.41. The molecule has 1 fully saturated rings. The minimum Gasteiger partial charge on any atom is -0.479 e. The molecule has 1 saturated heterocycles. The second-order valence-corrected chi connectivity index (χ2v) is 7.61. The van der Waals surface area contributed by atoms with Gasteiger partial charge < -0.3 is 20.1 Å². The van der Waals surface area contributed by atoms with Crippen molar-refractivity contribution in [3.63, 3.8) is 0 Å². The quantitative estimate of drug-likeness (QED) is 0.387. The van der Waals surface area contributed by atoms with E-state index < -0.39 is 41.6 Å². The number of aromatic nitrogens is 3. The topological polar surface area (TPSA) is 138 Å². The van der Waals surface area contributed by atoms with Crippen LogP contribution in [0.15, 0.2) is 30.7 Å². The number of nitrogens with one attached hydrogen (secondary N) is 2. The van der Waals surface area contributed by atoms with Crippen molar-refractivity contribution in [1.82, 2.24) is 15.0 Å². The molecule has 14 heteroatoms. The number of Topliss-reactive ketones (excluding diaryl/α,β-unsaturated/α-hetero) is 1. The standard InChI is InChI=1S/C18H15FN4O5S.3H2S/c19-9-1-2-11-13(5-9)29-18(22-11)23-16(25)8(3-10-6-20-7-21-10)4-12(24)14-15(28-14)17(26)27;;;/h1-2,5-8,14-15H,3-4H2,(H,20,21)(H,26,27)(H,22,23,25);3*1H2/t8-,14-,15+;;;/m1.../s1. The molecule has 3 atom stereocenters. The van der Waals surface area contributed by atoms with E-state index in [4.69, 9.17) is 9.84 Å². The van der Waals surface area contributed by atoms with Crippen LogP contribution in [0.1, 0.15) is 12.1 Å². The molecule has 0 spiro atoms. The molecule has 0 saturated carbocycles. The van der Waals surface area contributed by atoms with Gasteiger partial charge in [-0.1, -0.05) is 11.3 Å². The van der Waals surface area contributed by atoms with Crippen LogP contribution in [0.4, 0.5) is 9.52 Å². The molecular formula is C18H21FN4O5S4. The molecule has 174 valence electrons. The van der Waals surface area contributed by atoms with Crippen LogP contribution < -0.4 is 5.32 Å². The second kappa shape index (κ2) is 11.7. The number of hydrogen-bond acceptors (Lipinski definition) is 7. The van der Waals surface area contributed by atoms with E-state index in [1.165, 1.54) is 24.5 Å². The number of carbonyl (C=O) groups is 3. The molecule has 3 aromatic rings. The Morgan fingerprint density at radius 1 is 1.25 bits per heavy atom. The summed E-state index contributed by atoms with van der Waals surface area (Å²) >= 11 is 1.12. The summed E-state index contributed by atoms with van der Waals surface area (Å²) in [4.78, 5) is 47.1. The monoisotopic (exact) mass is 520 g/mol. The number of carboxylic acids is 1. The lowest BCUT2D eigenvalue weighted by Gasteiger charge is -2.14. The van der Waals surface area contributed by atoms with Gasteiger partial charge in [0.1, 0.15) is 5.82 Å². The smallest absolute Gasteiger partial charge is 0.336 e. The van der Waals surface area contributed by atoms with Crippen LogP contribution in [0.3, 0.4) is 0 Å². The number of nitrogens with zero attached hydrogens (tertiary/aromatic N) is 2. The van der Waals surface area contributed by atoms with E-state index >= 15 is 0 Å². The fraction of sp³-hybridized carbons (Fsp3) is 0.278. The maximum atomic E-state index is 13.4. The zero-order valence-electron chi connectivity index (χ0n) is 16.3. The summed E-state index contributed by atoms with van der Waals surface area (Å²) in [5, 5.41) is 11.8. The number of benzene rings is 1. The Morgan fingerprint density at radius 3 is 2.62 bits per heavy atom. The number of ether oxygens (including phenoxy) is 1. The van der Waals surface area contributed by atoms with E-state index in [1.807, 2.05) is 0 Å². The van der Waals surface area contributed by atoms with Crippen LogP contribution >= 0.6 is 51.8 Å². The van der Waals surface area contributed by atoms with Crippen molar-refractivity contribution >= 4 is 84.8 Å². The van der Waals surface area contributed by atoms with Crippen molar-refractivity contribution < 1.29 is 28.6 Å². The highest BCUT2D eigenvalue weighted by molar-refractivity contribution is 7.59. The van der Waals surface area contributed by atoms with Crippen LogP contribution in [0.25, 0.3) is 10.2 Å². The molecule has 3 N–H and O–H groups in total. The van der Waals surface area contributed by atoms with Gasteiger partial charge in [-0.05, 0) is 18.2 Å². The predicted octanol–water partition coefficient (Wildman–Crippen LogP) is 2.11. The summed E-state index contributed by atoms with van der Waals surface area (Å²) < 4.78 is 18.8. The normalized spacial score (nSPS) is 17.3. The number of carboxylic acid groups (broad SMARTS) is 1. The van der Waals surface area contributed by atoms with E-state index in [9.17, 15) is 18.8 Å². The van der Waals surface area contributed by atoms with Gasteiger partial charge in [0.15, 0.2) is 23.1 Å². The molecule has 0 unspecified atom stereocenters. The zero-order valence-corrected chi connectivity index (χ0v) is 20.1. The van der Waals surface area contributed by atoms with Gasteiger partial charge in [0, 0.05) is 24.7 Å². The Morgan fingerprint density at radius 2 is 2.00 bits per heavy atom. The average molecular weight is 521 g/mol. The van der Waals surface area contributed by atoms with Gasteiger partial charge in [-0.25, -0.2) is 19.2 Å². The van der Waals surface area contributed by atoms with E-state index in [-0.39, 0.29) is 58.5 Å². The Bertz CT molecular complexity index is 1090. The second-order valence-electron chi connectivity index (χ2n) is 6.58. The number of anilines is 1. The van der Waals surface area contributed by atoms with Gasteiger partial charge in [0.05, 0.1) is 22.5 Å². The lowest BCUT2D eigenvalue weighted by atomic mass is 9.94. The molecule has 0 aliphatic carbocycles. The summed E-state index contributed by atoms with van der Waals surface area (Å²) in [6, 6.07) is 4.12. The van der Waals surface area contributed by atoms with Crippen molar-refractivity contribution in [2.45, 2.75) is 25.0 Å². The van der Waals surface area contributed by atoms with Gasteiger partial charge in [0.2, 0.25) is 5.91 Å². The van der Waals surface area contributed by atoms with E-state index in [1.54, 1.807) is 6.20 Å². The number of H-pyrrole nitrogens is 1. The summed E-state index contributed by atoms with van der Waals surface area (Å²) in [5.74, 6) is -3.31. The van der Waals surface area contributed by atoms with E-state index in [0.717, 1.165) is 11.3 Å². The number of aliphatic carboxylic acids is 1. The fourth-order valence-electron chi connectivity index (χ4n) is 2.98. The average Bonchev–Trinajstić information content (AvgIpc) is 3.15. The van der Waals surface area contributed by atoms with Gasteiger partial charge in [-0.2, -0.15) is 40.5 Å². The highest BCUT2D eigenvalue weighted by Crippen LogP contribution is 2.29. The third-order valence-electron chi connectivity index (χ3n) is 4.47. The molecule has 0 radical (unpaired) electrons. The van der Waals surface area contributed by atoms with Crippen molar-refractivity contribution in [1.29, 1.82) is 0 Å². The molecular weight excluding hydrogens is 499 g/mol. The number of epoxide rings is 1. The fourth-order valence-corrected chi connectivity index (χ4v) is 3.88. The summed E-state index contributed by atoms with van der Waals surface area (Å²) in [5.41, 5.74) is 1.19. The third kappa shape index (κ3) is 6.45. The molecule has 2 aromatic heterocycles. The van der Waals surface area contributed by atoms with Crippen molar-refractivity contribution in [2.24, 2.45) is 5.92 Å². The van der Waals surface area contributed by atoms with Crippen molar-refractivity contribution in [3.8, 4) is 0 Å². The highest BCUT2D eigenvalue weighted by Gasteiger charge is 2.50. The number of thiazole rings is 1. The number of imidazole rings is 1. The van der Waals surface area contributed by atoms with Crippen molar-refractivity contribution in [3.05, 3.63) is 42.2 Å². The maximum Gasteiger partial charge on any atom is 0.336 e. The lowest BCUT2D eigenvalue weighted by molar-refractivity contribution is -0.138. The molecule has 1 aromatic carbocycles. The first-order valence-corrected chi connectivity index (χ1v) is 9.47. The van der Waals surface area contributed by atoms with Crippen LogP contribution in [0, 0.1) is 11.7 Å². The molecule has 1 amide bonds. The highest BCUT2D eigenvalue weighted by atomic mass is 32.1. The summed E-state index contributed by atoms with van der Waals surface area (Å²) in [7, 11) is 0. The van der Waals surface area contributed by atoms with Crippen LogP contribution in [-0.4, -0.2) is 49.9 Å². The Kier molecular flexibility index (Phi) is 10.2. The van der Waals surface area contributed by atoms with Gasteiger partial charge in [-0.15, -0.1) is 0 Å². The number of ketones is 1. The molecule has 0 bridgehead atoms. The SMILES string of the molecule is O=C(Nc1nc2ccc(F)cc2s1)[C@@H](CC(=O)[C@H]1O[C@@H]1C(=O)O)Cc1cnc[nH]1.S.S.S. The number of aromatic amines is 1. The molecule has 32 heavy (non-hydrogen) atoms. The van der Waals surface area contributed by atoms with Crippen LogP contribution in [0.2, 0.25) is 0 Å². The summed E-state index contributed by atoms with van der Waals surface area (Å²) in [6.45, 7) is 0. The van der Waals surface area contributed by atoms with Crippen molar-refractivity contribution in [2.75, 3.05) is 5.32 Å². The van der Waals surface area contributed by atoms with Gasteiger partial charge in [-0.3, -0.25) is 9.59 Å². The zero-order chi connectivity index (χ0) is 20.5. The van der Waals surface area contributed by atoms with Gasteiger partial charge >= 0.3 is 5.97 Å². The molecule has 1 aliphatic rings. The Balaban J connectivity index is 0.00000171. The number of hydrogen-bond donors (Lipinski definition) is 3. The van der Waals surface area contributed by atoms with Gasteiger partial charge in [0.25, 0.3) is 0 Å². The number of fused-ring (bicyclic) bond motifs is 1. The molecule has 9 nitrogen and oxygen atoms in total. The first kappa shape index (κ1) is 27.9. The summed E-state index contributed by atoms with van der Waals surface area (Å²) in [6.07, 6.45) is 0.810. The largest absolute Gasteiger partial charge is 0.479 e. The molecule has 4 rings (SSSR count). The first-order valence-electron chi connectivity index (χ1n) is 8.66. The first-order chi connectivity index (χ1) is 13.9. The Labute approximate surface area is 206 Å². The predicted molar refractivity (Wildman–Crippen MR) is 131 cm³/mol. The maximum absolute atomic E-state index is 13.4. The molecule has 1 aliphatic heterocycles. The van der Waals surface area contributed by atoms with Crippen LogP contribution in [-0.2, 0) is 25.5 Å². The Hall–Kier alpha value is -2.13. The number of rotatable bonds is 8. The van der Waals surface area contributed by atoms with E-state index in [2.05, 4.69) is 20.3 Å². The minimum absolute atomic E-state index is 0. The lowest BCUT2D eigenvalue weighted by Crippen LogP contribution is -2.29. The number of halogens is 1. The van der Waals surface area contributed by atoms with E-state index in [0.29, 0.717) is 15.9 Å². The van der Waals surface area contributed by atoms with Crippen LogP contribution in [0.5, 0.6) is 0 Å². The number of amides is 1. The number of carbonyl (C=O) groups excluding carboxylic acids is 2. The minimum atomic E-state index is -1.21. The molecule has 3 heterocycles.